The van der Waals surface area contributed by atoms with Gasteiger partial charge in [-0.05, 0) is 24.3 Å². The molecule has 2 rings (SSSR count). The van der Waals surface area contributed by atoms with Crippen molar-refractivity contribution in [1.29, 1.82) is 0 Å². The van der Waals surface area contributed by atoms with Crippen LogP contribution in [0.25, 0.3) is 0 Å². The highest BCUT2D eigenvalue weighted by Gasteiger charge is 2.13. The van der Waals surface area contributed by atoms with E-state index in [0.29, 0.717) is 33.8 Å². The minimum absolute atomic E-state index is 0.146. The van der Waals surface area contributed by atoms with Crippen LogP contribution in [0.1, 0.15) is 15.9 Å². The Morgan fingerprint density at radius 1 is 1.17 bits per heavy atom. The second-order valence-electron chi connectivity index (χ2n) is 4.65. The Bertz CT molecular complexity index is 734. The van der Waals surface area contributed by atoms with Gasteiger partial charge in [-0.3, -0.25) is 0 Å². The molecular formula is C16H15Cl2NO4. The number of hydrogen-bond donors (Lipinski definition) is 2. The maximum absolute atomic E-state index is 11.0. The Balaban J connectivity index is 2.29. The van der Waals surface area contributed by atoms with Gasteiger partial charge >= 0.3 is 5.97 Å². The molecule has 0 fully saturated rings. The molecule has 0 aliphatic rings. The number of aromatic carboxylic acids is 1. The summed E-state index contributed by atoms with van der Waals surface area (Å²) in [7, 11) is 3.06. The first-order valence-corrected chi connectivity index (χ1v) is 7.39. The predicted octanol–water partition coefficient (Wildman–Crippen LogP) is 4.32. The molecule has 0 unspecified atom stereocenters. The fourth-order valence-corrected chi connectivity index (χ4v) is 2.54. The molecule has 2 aromatic carbocycles. The first-order valence-electron chi connectivity index (χ1n) is 6.63. The van der Waals surface area contributed by atoms with Crippen molar-refractivity contribution >= 4 is 34.9 Å². The van der Waals surface area contributed by atoms with Crippen molar-refractivity contribution in [3.8, 4) is 11.5 Å². The van der Waals surface area contributed by atoms with Gasteiger partial charge < -0.3 is 19.9 Å². The lowest BCUT2D eigenvalue weighted by Gasteiger charge is -2.15. The van der Waals surface area contributed by atoms with E-state index in [2.05, 4.69) is 5.32 Å². The number of halogens is 2. The maximum Gasteiger partial charge on any atom is 0.335 e. The zero-order valence-electron chi connectivity index (χ0n) is 12.5. The lowest BCUT2D eigenvalue weighted by molar-refractivity contribution is 0.0697. The predicted molar refractivity (Wildman–Crippen MR) is 90.3 cm³/mol. The fourth-order valence-electron chi connectivity index (χ4n) is 2.12. The number of anilines is 1. The molecule has 5 nitrogen and oxygen atoms in total. The van der Waals surface area contributed by atoms with Crippen LogP contribution in [0.5, 0.6) is 11.5 Å². The third kappa shape index (κ3) is 4.00. The van der Waals surface area contributed by atoms with Gasteiger partial charge in [0.25, 0.3) is 0 Å². The summed E-state index contributed by atoms with van der Waals surface area (Å²) in [4.78, 5) is 11.0. The van der Waals surface area contributed by atoms with Crippen molar-refractivity contribution in [1.82, 2.24) is 0 Å². The van der Waals surface area contributed by atoms with Crippen molar-refractivity contribution in [2.24, 2.45) is 0 Å². The summed E-state index contributed by atoms with van der Waals surface area (Å²) in [6.45, 7) is 0.336. The van der Waals surface area contributed by atoms with E-state index < -0.39 is 5.97 Å². The normalized spacial score (nSPS) is 10.3. The Labute approximate surface area is 143 Å². The second kappa shape index (κ2) is 7.44. The molecule has 0 saturated carbocycles. The van der Waals surface area contributed by atoms with Crippen LogP contribution >= 0.6 is 23.2 Å². The van der Waals surface area contributed by atoms with Gasteiger partial charge in [-0.25, -0.2) is 4.79 Å². The lowest BCUT2D eigenvalue weighted by Crippen LogP contribution is -2.05. The average molecular weight is 356 g/mol. The number of carboxylic acids is 1. The van der Waals surface area contributed by atoms with Crippen molar-refractivity contribution < 1.29 is 19.4 Å². The Hall–Kier alpha value is -2.11. The zero-order chi connectivity index (χ0) is 17.0. The van der Waals surface area contributed by atoms with E-state index in [-0.39, 0.29) is 5.56 Å². The molecular weight excluding hydrogens is 341 g/mol. The van der Waals surface area contributed by atoms with Gasteiger partial charge in [-0.2, -0.15) is 0 Å². The summed E-state index contributed by atoms with van der Waals surface area (Å²) in [5.41, 5.74) is 1.41. The third-order valence-electron chi connectivity index (χ3n) is 3.20. The molecule has 122 valence electrons. The van der Waals surface area contributed by atoms with Crippen molar-refractivity contribution in [3.63, 3.8) is 0 Å². The Kier molecular flexibility index (Phi) is 5.58. The van der Waals surface area contributed by atoms with E-state index in [4.69, 9.17) is 37.8 Å². The Morgan fingerprint density at radius 2 is 1.91 bits per heavy atom. The van der Waals surface area contributed by atoms with Gasteiger partial charge in [0.1, 0.15) is 0 Å². The summed E-state index contributed by atoms with van der Waals surface area (Å²) in [5.74, 6) is 0.0452. The molecule has 0 atom stereocenters. The smallest absolute Gasteiger partial charge is 0.335 e. The van der Waals surface area contributed by atoms with Crippen LogP contribution in [-0.2, 0) is 6.54 Å². The van der Waals surface area contributed by atoms with E-state index in [9.17, 15) is 4.79 Å². The largest absolute Gasteiger partial charge is 0.493 e. The van der Waals surface area contributed by atoms with Crippen LogP contribution in [0.2, 0.25) is 10.0 Å². The molecule has 2 N–H and O–H groups in total. The minimum atomic E-state index is -1.02. The van der Waals surface area contributed by atoms with Gasteiger partial charge in [-0.15, -0.1) is 0 Å². The number of nitrogens with one attached hydrogen (secondary N) is 1. The first kappa shape index (κ1) is 17.2. The first-order chi connectivity index (χ1) is 11.0. The van der Waals surface area contributed by atoms with E-state index in [0.717, 1.165) is 5.56 Å². The molecule has 0 radical (unpaired) electrons. The van der Waals surface area contributed by atoms with Crippen LogP contribution in [0.4, 0.5) is 5.69 Å². The second-order valence-corrected chi connectivity index (χ2v) is 5.50. The zero-order valence-corrected chi connectivity index (χ0v) is 14.0. The molecule has 0 amide bonds. The van der Waals surface area contributed by atoms with Crippen LogP contribution < -0.4 is 14.8 Å². The van der Waals surface area contributed by atoms with Gasteiger partial charge in [0.15, 0.2) is 11.5 Å². The van der Waals surface area contributed by atoms with Gasteiger partial charge in [0.05, 0.1) is 30.5 Å². The summed E-state index contributed by atoms with van der Waals surface area (Å²) >= 11 is 12.2. The van der Waals surface area contributed by atoms with Crippen molar-refractivity contribution in [2.75, 3.05) is 19.5 Å². The maximum atomic E-state index is 11.0. The monoisotopic (exact) mass is 355 g/mol. The van der Waals surface area contributed by atoms with Gasteiger partial charge in [-0.1, -0.05) is 23.2 Å². The molecule has 0 aromatic heterocycles. The minimum Gasteiger partial charge on any atom is -0.493 e. The number of ether oxygens (including phenoxy) is 2. The standard InChI is InChI=1S/C16H15Cl2NO4/c1-22-14-7-11(17)5-10(15(14)23-2)8-19-13-6-9(16(20)21)3-4-12(13)18/h3-7,19H,8H2,1-2H3,(H,20,21). The van der Waals surface area contributed by atoms with E-state index in [1.165, 1.54) is 32.4 Å². The summed E-state index contributed by atoms with van der Waals surface area (Å²) in [6, 6.07) is 7.84. The van der Waals surface area contributed by atoms with Crippen LogP contribution in [0.3, 0.4) is 0 Å². The molecule has 0 heterocycles. The van der Waals surface area contributed by atoms with Crippen molar-refractivity contribution in [3.05, 3.63) is 51.5 Å². The summed E-state index contributed by atoms with van der Waals surface area (Å²) in [6.07, 6.45) is 0. The van der Waals surface area contributed by atoms with E-state index in [1.54, 1.807) is 12.1 Å². The molecule has 0 bridgehead atoms. The van der Waals surface area contributed by atoms with Crippen LogP contribution in [0, 0.1) is 0 Å². The van der Waals surface area contributed by atoms with Crippen molar-refractivity contribution in [2.45, 2.75) is 6.54 Å². The average Bonchev–Trinajstić information content (AvgIpc) is 2.53. The molecule has 0 spiro atoms. The topological polar surface area (TPSA) is 67.8 Å². The summed E-state index contributed by atoms with van der Waals surface area (Å²) in [5, 5.41) is 13.1. The molecule has 7 heteroatoms. The summed E-state index contributed by atoms with van der Waals surface area (Å²) < 4.78 is 10.6. The number of carboxylic acid groups (broad SMARTS) is 1. The number of rotatable bonds is 6. The quantitative estimate of drug-likeness (QED) is 0.807. The van der Waals surface area contributed by atoms with E-state index >= 15 is 0 Å². The molecule has 2 aromatic rings. The molecule has 0 saturated heterocycles. The Morgan fingerprint density at radius 3 is 2.52 bits per heavy atom. The number of methoxy groups -OCH3 is 2. The molecule has 0 aliphatic carbocycles. The van der Waals surface area contributed by atoms with Crippen LogP contribution in [0.15, 0.2) is 30.3 Å². The van der Waals surface area contributed by atoms with Crippen LogP contribution in [-0.4, -0.2) is 25.3 Å². The SMILES string of the molecule is COc1cc(Cl)cc(CNc2cc(C(=O)O)ccc2Cl)c1OC. The molecule has 23 heavy (non-hydrogen) atoms. The highest BCUT2D eigenvalue weighted by molar-refractivity contribution is 6.33. The number of hydrogen-bond acceptors (Lipinski definition) is 4. The third-order valence-corrected chi connectivity index (χ3v) is 3.75. The highest BCUT2D eigenvalue weighted by Crippen LogP contribution is 2.35. The number of carbonyl (C=O) groups is 1. The fraction of sp³-hybridized carbons (Fsp3) is 0.188. The van der Waals surface area contributed by atoms with Gasteiger partial charge in [0.2, 0.25) is 0 Å². The molecule has 0 aliphatic heterocycles. The van der Waals surface area contributed by atoms with Gasteiger partial charge in [0, 0.05) is 23.2 Å². The highest BCUT2D eigenvalue weighted by atomic mass is 35.5. The number of benzene rings is 2. The van der Waals surface area contributed by atoms with E-state index in [1.807, 2.05) is 0 Å². The lowest BCUT2D eigenvalue weighted by atomic mass is 10.1.